The number of hydrogen-bond acceptors (Lipinski definition) is 2. The SMILES string of the molecule is CC(C)(C)[C@@H](N)C(=O)N1CCCC1C1CCCC1. The summed E-state index contributed by atoms with van der Waals surface area (Å²) in [4.78, 5) is 14.7. The number of rotatable bonds is 2. The predicted octanol–water partition coefficient (Wildman–Crippen LogP) is 2.54. The zero-order valence-corrected chi connectivity index (χ0v) is 12.1. The summed E-state index contributed by atoms with van der Waals surface area (Å²) in [6.45, 7) is 7.08. The average Bonchev–Trinajstić information content (AvgIpc) is 2.95. The van der Waals surface area contributed by atoms with Crippen molar-refractivity contribution in [1.82, 2.24) is 4.90 Å². The predicted molar refractivity (Wildman–Crippen MR) is 74.1 cm³/mol. The number of carbonyl (C=O) groups is 1. The molecule has 104 valence electrons. The summed E-state index contributed by atoms with van der Waals surface area (Å²) in [5.41, 5.74) is 6.00. The van der Waals surface area contributed by atoms with Crippen molar-refractivity contribution >= 4 is 5.91 Å². The average molecular weight is 252 g/mol. The Labute approximate surface area is 111 Å². The Morgan fingerprint density at radius 3 is 2.33 bits per heavy atom. The van der Waals surface area contributed by atoms with Gasteiger partial charge >= 0.3 is 0 Å². The third kappa shape index (κ3) is 2.71. The summed E-state index contributed by atoms with van der Waals surface area (Å²) >= 11 is 0. The molecular formula is C15H28N2O. The molecule has 1 amide bonds. The van der Waals surface area contributed by atoms with E-state index >= 15 is 0 Å². The molecule has 2 aliphatic rings. The van der Waals surface area contributed by atoms with E-state index in [4.69, 9.17) is 5.73 Å². The second-order valence-electron chi connectivity index (χ2n) is 7.13. The maximum Gasteiger partial charge on any atom is 0.240 e. The molecule has 0 aromatic carbocycles. The van der Waals surface area contributed by atoms with E-state index in [0.29, 0.717) is 6.04 Å². The first-order valence-corrected chi connectivity index (χ1v) is 7.47. The molecule has 0 aromatic heterocycles. The normalized spacial score (nSPS) is 27.8. The van der Waals surface area contributed by atoms with Crippen LogP contribution in [0.1, 0.15) is 59.3 Å². The van der Waals surface area contributed by atoms with Gasteiger partial charge in [0.1, 0.15) is 0 Å². The van der Waals surface area contributed by atoms with Gasteiger partial charge in [-0.1, -0.05) is 33.6 Å². The molecule has 3 nitrogen and oxygen atoms in total. The van der Waals surface area contributed by atoms with Gasteiger partial charge < -0.3 is 10.6 Å². The fourth-order valence-corrected chi connectivity index (χ4v) is 3.45. The highest BCUT2D eigenvalue weighted by molar-refractivity contribution is 5.83. The van der Waals surface area contributed by atoms with Crippen molar-refractivity contribution in [2.45, 2.75) is 71.4 Å². The van der Waals surface area contributed by atoms with E-state index in [2.05, 4.69) is 25.7 Å². The Hall–Kier alpha value is -0.570. The van der Waals surface area contributed by atoms with Crippen molar-refractivity contribution in [2.24, 2.45) is 17.1 Å². The molecule has 0 aromatic rings. The third-order valence-corrected chi connectivity index (χ3v) is 4.73. The highest BCUT2D eigenvalue weighted by Gasteiger charge is 2.39. The van der Waals surface area contributed by atoms with Gasteiger partial charge in [-0.25, -0.2) is 0 Å². The Balaban J connectivity index is 2.04. The first kappa shape index (κ1) is 13.9. The lowest BCUT2D eigenvalue weighted by molar-refractivity contribution is -0.136. The monoisotopic (exact) mass is 252 g/mol. The molecule has 3 heteroatoms. The number of likely N-dealkylation sites (tertiary alicyclic amines) is 1. The van der Waals surface area contributed by atoms with Crippen molar-refractivity contribution in [1.29, 1.82) is 0 Å². The van der Waals surface area contributed by atoms with E-state index in [9.17, 15) is 4.79 Å². The van der Waals surface area contributed by atoms with Crippen LogP contribution < -0.4 is 5.73 Å². The molecule has 2 rings (SSSR count). The second-order valence-corrected chi connectivity index (χ2v) is 7.13. The molecule has 2 atom stereocenters. The summed E-state index contributed by atoms with van der Waals surface area (Å²) in [6, 6.07) is 0.118. The summed E-state index contributed by atoms with van der Waals surface area (Å²) < 4.78 is 0. The number of nitrogens with zero attached hydrogens (tertiary/aromatic N) is 1. The lowest BCUT2D eigenvalue weighted by atomic mass is 9.86. The second kappa shape index (κ2) is 5.20. The molecule has 1 saturated heterocycles. The van der Waals surface area contributed by atoms with Gasteiger partial charge in [-0.05, 0) is 37.0 Å². The van der Waals surface area contributed by atoms with E-state index in [1.807, 2.05) is 0 Å². The molecule has 18 heavy (non-hydrogen) atoms. The van der Waals surface area contributed by atoms with Gasteiger partial charge in [0, 0.05) is 12.6 Å². The minimum absolute atomic E-state index is 0.139. The van der Waals surface area contributed by atoms with Crippen LogP contribution in [0.4, 0.5) is 0 Å². The Bertz CT molecular complexity index is 302. The molecule has 0 radical (unpaired) electrons. The first-order chi connectivity index (χ1) is 8.41. The zero-order valence-electron chi connectivity index (χ0n) is 12.1. The van der Waals surface area contributed by atoms with Crippen LogP contribution in [0.25, 0.3) is 0 Å². The van der Waals surface area contributed by atoms with E-state index < -0.39 is 0 Å². The summed E-state index contributed by atoms with van der Waals surface area (Å²) in [7, 11) is 0. The van der Waals surface area contributed by atoms with Crippen molar-refractivity contribution in [3.05, 3.63) is 0 Å². The van der Waals surface area contributed by atoms with Gasteiger partial charge in [0.25, 0.3) is 0 Å². The molecular weight excluding hydrogens is 224 g/mol. The van der Waals surface area contributed by atoms with E-state index in [1.165, 1.54) is 32.1 Å². The van der Waals surface area contributed by atoms with Crippen molar-refractivity contribution in [3.8, 4) is 0 Å². The molecule has 1 heterocycles. The van der Waals surface area contributed by atoms with Crippen LogP contribution in [0.3, 0.4) is 0 Å². The van der Waals surface area contributed by atoms with Gasteiger partial charge in [0.05, 0.1) is 6.04 Å². The lowest BCUT2D eigenvalue weighted by Crippen LogP contribution is -2.52. The van der Waals surface area contributed by atoms with Gasteiger partial charge in [-0.2, -0.15) is 0 Å². The summed E-state index contributed by atoms with van der Waals surface area (Å²) in [5, 5.41) is 0. The fraction of sp³-hybridized carbons (Fsp3) is 0.933. The van der Waals surface area contributed by atoms with Crippen LogP contribution in [-0.4, -0.2) is 29.4 Å². The molecule has 1 aliphatic heterocycles. The molecule has 2 N–H and O–H groups in total. The summed E-state index contributed by atoms with van der Waals surface area (Å²) in [5.74, 6) is 0.917. The summed E-state index contributed by atoms with van der Waals surface area (Å²) in [6.07, 6.45) is 7.64. The van der Waals surface area contributed by atoms with Crippen molar-refractivity contribution < 1.29 is 4.79 Å². The standard InChI is InChI=1S/C15H28N2O/c1-15(2,3)13(16)14(18)17-10-6-9-12(17)11-7-4-5-8-11/h11-13H,4-10,16H2,1-3H3/t12?,13-/m0/s1. The lowest BCUT2D eigenvalue weighted by Gasteiger charge is -2.35. The largest absolute Gasteiger partial charge is 0.338 e. The number of carbonyl (C=O) groups excluding carboxylic acids is 1. The Morgan fingerprint density at radius 2 is 1.78 bits per heavy atom. The van der Waals surface area contributed by atoms with E-state index in [0.717, 1.165) is 18.9 Å². The Morgan fingerprint density at radius 1 is 1.17 bits per heavy atom. The molecule has 2 fully saturated rings. The maximum atomic E-state index is 12.6. The number of nitrogens with two attached hydrogens (primary N) is 1. The minimum atomic E-state index is -0.362. The van der Waals surface area contributed by atoms with E-state index in [-0.39, 0.29) is 17.4 Å². The highest BCUT2D eigenvalue weighted by atomic mass is 16.2. The van der Waals surface area contributed by atoms with Crippen LogP contribution in [-0.2, 0) is 4.79 Å². The quantitative estimate of drug-likeness (QED) is 0.821. The van der Waals surface area contributed by atoms with Crippen LogP contribution >= 0.6 is 0 Å². The van der Waals surface area contributed by atoms with Crippen LogP contribution in [0.2, 0.25) is 0 Å². The van der Waals surface area contributed by atoms with Crippen LogP contribution in [0, 0.1) is 11.3 Å². The van der Waals surface area contributed by atoms with Gasteiger partial charge in [-0.3, -0.25) is 4.79 Å². The van der Waals surface area contributed by atoms with Crippen LogP contribution in [0.5, 0.6) is 0 Å². The first-order valence-electron chi connectivity index (χ1n) is 7.47. The minimum Gasteiger partial charge on any atom is -0.338 e. The molecule has 1 unspecified atom stereocenters. The van der Waals surface area contributed by atoms with E-state index in [1.54, 1.807) is 0 Å². The molecule has 1 aliphatic carbocycles. The van der Waals surface area contributed by atoms with Gasteiger partial charge in [0.15, 0.2) is 0 Å². The zero-order chi connectivity index (χ0) is 13.3. The van der Waals surface area contributed by atoms with Crippen molar-refractivity contribution in [2.75, 3.05) is 6.54 Å². The van der Waals surface area contributed by atoms with Crippen molar-refractivity contribution in [3.63, 3.8) is 0 Å². The molecule has 0 spiro atoms. The highest BCUT2D eigenvalue weighted by Crippen LogP contribution is 2.36. The maximum absolute atomic E-state index is 12.6. The molecule has 1 saturated carbocycles. The fourth-order valence-electron chi connectivity index (χ4n) is 3.45. The van der Waals surface area contributed by atoms with Gasteiger partial charge in [0.2, 0.25) is 5.91 Å². The third-order valence-electron chi connectivity index (χ3n) is 4.73. The number of hydrogen-bond donors (Lipinski definition) is 1. The smallest absolute Gasteiger partial charge is 0.240 e. The molecule has 0 bridgehead atoms. The Kier molecular flexibility index (Phi) is 4.00. The van der Waals surface area contributed by atoms with Gasteiger partial charge in [-0.15, -0.1) is 0 Å². The number of amides is 1. The topological polar surface area (TPSA) is 46.3 Å². The van der Waals surface area contributed by atoms with Crippen LogP contribution in [0.15, 0.2) is 0 Å².